The second kappa shape index (κ2) is 4.51. The Labute approximate surface area is 113 Å². The van der Waals surface area contributed by atoms with Gasteiger partial charge in [0.1, 0.15) is 5.52 Å². The number of oxazole rings is 1. The van der Waals surface area contributed by atoms with Gasteiger partial charge in [0.05, 0.1) is 10.4 Å². The van der Waals surface area contributed by atoms with Gasteiger partial charge in [0, 0.05) is 0 Å². The Balaban J connectivity index is 2.14. The van der Waals surface area contributed by atoms with Gasteiger partial charge in [-0.25, -0.2) is 9.78 Å². The van der Waals surface area contributed by atoms with Crippen molar-refractivity contribution in [1.29, 1.82) is 0 Å². The van der Waals surface area contributed by atoms with E-state index in [1.54, 1.807) is 17.4 Å². The van der Waals surface area contributed by atoms with Crippen LogP contribution in [-0.2, 0) is 6.42 Å². The van der Waals surface area contributed by atoms with E-state index in [1.165, 1.54) is 17.7 Å². The lowest BCUT2D eigenvalue weighted by atomic mass is 10.2. The number of carbonyl (C=O) groups is 1. The maximum atomic E-state index is 10.9. The first kappa shape index (κ1) is 11.9. The number of aromatic nitrogens is 1. The molecule has 2 aromatic heterocycles. The Morgan fingerprint density at radius 2 is 2.26 bits per heavy atom. The minimum atomic E-state index is -0.961. The maximum absolute atomic E-state index is 10.9. The van der Waals surface area contributed by atoms with Crippen LogP contribution in [0.25, 0.3) is 21.9 Å². The third-order valence-electron chi connectivity index (χ3n) is 2.96. The lowest BCUT2D eigenvalue weighted by Crippen LogP contribution is -1.94. The Morgan fingerprint density at radius 3 is 3.00 bits per heavy atom. The third kappa shape index (κ3) is 2.02. The van der Waals surface area contributed by atoms with E-state index in [1.807, 2.05) is 5.38 Å². The van der Waals surface area contributed by atoms with Crippen LogP contribution in [0.4, 0.5) is 0 Å². The predicted octanol–water partition coefficient (Wildman–Crippen LogP) is 3.82. The summed E-state index contributed by atoms with van der Waals surface area (Å²) in [4.78, 5) is 16.3. The average Bonchev–Trinajstić information content (AvgIpc) is 3.03. The molecule has 0 aliphatic carbocycles. The topological polar surface area (TPSA) is 63.3 Å². The summed E-state index contributed by atoms with van der Waals surface area (Å²) in [5.41, 5.74) is 2.59. The minimum Gasteiger partial charge on any atom is -0.478 e. The summed E-state index contributed by atoms with van der Waals surface area (Å²) >= 11 is 1.58. The number of thiophene rings is 1. The van der Waals surface area contributed by atoms with Gasteiger partial charge in [0.25, 0.3) is 0 Å². The number of carboxylic acids is 1. The second-order valence-electron chi connectivity index (χ2n) is 4.14. The Kier molecular flexibility index (Phi) is 2.83. The van der Waals surface area contributed by atoms with Crippen molar-refractivity contribution >= 4 is 28.4 Å². The molecule has 96 valence electrons. The van der Waals surface area contributed by atoms with Gasteiger partial charge in [0.15, 0.2) is 5.58 Å². The summed E-state index contributed by atoms with van der Waals surface area (Å²) in [5.74, 6) is -0.402. The average molecular weight is 273 g/mol. The summed E-state index contributed by atoms with van der Waals surface area (Å²) in [6, 6.07) is 6.75. The molecule has 5 heteroatoms. The van der Waals surface area contributed by atoms with Crippen LogP contribution in [0.3, 0.4) is 0 Å². The lowest BCUT2D eigenvalue weighted by Gasteiger charge is -1.93. The molecule has 0 aliphatic heterocycles. The molecule has 0 radical (unpaired) electrons. The summed E-state index contributed by atoms with van der Waals surface area (Å²) in [7, 11) is 0. The van der Waals surface area contributed by atoms with E-state index in [4.69, 9.17) is 9.52 Å². The predicted molar refractivity (Wildman–Crippen MR) is 73.7 cm³/mol. The molecule has 0 bridgehead atoms. The maximum Gasteiger partial charge on any atom is 0.335 e. The molecule has 19 heavy (non-hydrogen) atoms. The van der Waals surface area contributed by atoms with Crippen LogP contribution < -0.4 is 0 Å². The molecule has 3 rings (SSSR count). The molecule has 1 N–H and O–H groups in total. The van der Waals surface area contributed by atoms with Gasteiger partial charge in [-0.2, -0.15) is 0 Å². The van der Waals surface area contributed by atoms with Crippen LogP contribution in [0.1, 0.15) is 22.8 Å². The van der Waals surface area contributed by atoms with E-state index in [9.17, 15) is 4.79 Å². The summed E-state index contributed by atoms with van der Waals surface area (Å²) in [5, 5.41) is 11.0. The second-order valence-corrected chi connectivity index (χ2v) is 5.05. The zero-order chi connectivity index (χ0) is 13.4. The fourth-order valence-corrected chi connectivity index (χ4v) is 2.88. The van der Waals surface area contributed by atoms with Crippen LogP contribution in [0.15, 0.2) is 34.1 Å². The molecular weight excluding hydrogens is 262 g/mol. The van der Waals surface area contributed by atoms with Gasteiger partial charge in [-0.05, 0) is 41.6 Å². The number of nitrogens with zero attached hydrogens (tertiary/aromatic N) is 1. The molecular formula is C14H11NO3S. The number of hydrogen-bond acceptors (Lipinski definition) is 4. The van der Waals surface area contributed by atoms with Crippen molar-refractivity contribution in [1.82, 2.24) is 4.98 Å². The van der Waals surface area contributed by atoms with Gasteiger partial charge >= 0.3 is 5.97 Å². The van der Waals surface area contributed by atoms with Crippen molar-refractivity contribution < 1.29 is 14.3 Å². The van der Waals surface area contributed by atoms with Crippen LogP contribution in [0.5, 0.6) is 0 Å². The van der Waals surface area contributed by atoms with E-state index < -0.39 is 5.97 Å². The Hall–Kier alpha value is -2.14. The van der Waals surface area contributed by atoms with Gasteiger partial charge < -0.3 is 9.52 Å². The molecule has 0 spiro atoms. The monoisotopic (exact) mass is 273 g/mol. The number of hydrogen-bond donors (Lipinski definition) is 1. The third-order valence-corrected chi connectivity index (χ3v) is 3.90. The number of fused-ring (bicyclic) bond motifs is 1. The van der Waals surface area contributed by atoms with Crippen molar-refractivity contribution in [3.05, 3.63) is 40.8 Å². The van der Waals surface area contributed by atoms with Crippen molar-refractivity contribution in [2.24, 2.45) is 0 Å². The van der Waals surface area contributed by atoms with Crippen LogP contribution in [0.2, 0.25) is 0 Å². The van der Waals surface area contributed by atoms with E-state index in [0.29, 0.717) is 17.0 Å². The zero-order valence-electron chi connectivity index (χ0n) is 10.2. The standard InChI is InChI=1S/C14H11NO3S/c1-2-8-5-6-19-12(8)13-15-10-7-9(14(16)17)3-4-11(10)18-13/h3-7H,2H2,1H3,(H,16,17). The van der Waals surface area contributed by atoms with E-state index in [0.717, 1.165) is 11.3 Å². The Morgan fingerprint density at radius 1 is 1.42 bits per heavy atom. The highest BCUT2D eigenvalue weighted by Gasteiger charge is 2.14. The van der Waals surface area contributed by atoms with E-state index in [-0.39, 0.29) is 5.56 Å². The van der Waals surface area contributed by atoms with Gasteiger partial charge in [-0.15, -0.1) is 11.3 Å². The number of benzene rings is 1. The van der Waals surface area contributed by atoms with Crippen LogP contribution in [-0.4, -0.2) is 16.1 Å². The molecule has 0 saturated heterocycles. The van der Waals surface area contributed by atoms with Crippen LogP contribution >= 0.6 is 11.3 Å². The van der Waals surface area contributed by atoms with E-state index >= 15 is 0 Å². The van der Waals surface area contributed by atoms with Gasteiger partial charge in [0.2, 0.25) is 5.89 Å². The summed E-state index contributed by atoms with van der Waals surface area (Å²) in [6.45, 7) is 2.08. The van der Waals surface area contributed by atoms with Crippen molar-refractivity contribution in [2.45, 2.75) is 13.3 Å². The van der Waals surface area contributed by atoms with E-state index in [2.05, 4.69) is 18.0 Å². The van der Waals surface area contributed by atoms with Crippen molar-refractivity contribution in [3.8, 4) is 10.8 Å². The molecule has 0 fully saturated rings. The smallest absolute Gasteiger partial charge is 0.335 e. The first-order chi connectivity index (χ1) is 9.19. The SMILES string of the molecule is CCc1ccsc1-c1nc2cc(C(=O)O)ccc2o1. The molecule has 4 nitrogen and oxygen atoms in total. The summed E-state index contributed by atoms with van der Waals surface area (Å²) < 4.78 is 5.70. The number of carboxylic acid groups (broad SMARTS) is 1. The zero-order valence-corrected chi connectivity index (χ0v) is 11.0. The lowest BCUT2D eigenvalue weighted by molar-refractivity contribution is 0.0697. The van der Waals surface area contributed by atoms with Crippen molar-refractivity contribution in [3.63, 3.8) is 0 Å². The number of rotatable bonds is 3. The molecule has 0 atom stereocenters. The highest BCUT2D eigenvalue weighted by Crippen LogP contribution is 2.32. The number of aryl methyl sites for hydroxylation is 1. The summed E-state index contributed by atoms with van der Waals surface area (Å²) in [6.07, 6.45) is 0.915. The first-order valence-corrected chi connectivity index (χ1v) is 6.77. The molecule has 1 aromatic carbocycles. The van der Waals surface area contributed by atoms with Gasteiger partial charge in [-0.1, -0.05) is 6.92 Å². The fourth-order valence-electron chi connectivity index (χ4n) is 1.96. The molecule has 0 aliphatic rings. The number of aromatic carboxylic acids is 1. The van der Waals surface area contributed by atoms with Gasteiger partial charge in [-0.3, -0.25) is 0 Å². The normalized spacial score (nSPS) is 11.0. The first-order valence-electron chi connectivity index (χ1n) is 5.89. The molecule has 2 heterocycles. The fraction of sp³-hybridized carbons (Fsp3) is 0.143. The van der Waals surface area contributed by atoms with Crippen LogP contribution in [0, 0.1) is 0 Å². The highest BCUT2D eigenvalue weighted by molar-refractivity contribution is 7.13. The largest absolute Gasteiger partial charge is 0.478 e. The molecule has 0 unspecified atom stereocenters. The molecule has 0 saturated carbocycles. The minimum absolute atomic E-state index is 0.217. The Bertz CT molecular complexity index is 757. The quantitative estimate of drug-likeness (QED) is 0.788. The highest BCUT2D eigenvalue weighted by atomic mass is 32.1. The molecule has 0 amide bonds. The molecule has 3 aromatic rings. The van der Waals surface area contributed by atoms with Crippen molar-refractivity contribution in [2.75, 3.05) is 0 Å².